The Morgan fingerprint density at radius 1 is 1.26 bits per heavy atom. The Labute approximate surface area is 193 Å². The lowest BCUT2D eigenvalue weighted by atomic mass is 9.87. The molecule has 5 unspecified atom stereocenters. The van der Waals surface area contributed by atoms with Gasteiger partial charge >= 0.3 is 0 Å². The Morgan fingerprint density at radius 2 is 1.94 bits per heavy atom. The molecule has 2 saturated heterocycles. The van der Waals surface area contributed by atoms with Gasteiger partial charge in [-0.2, -0.15) is 11.8 Å². The van der Waals surface area contributed by atoms with Crippen LogP contribution in [0, 0.1) is 5.92 Å². The first-order valence-electron chi connectivity index (χ1n) is 11.4. The second-order valence-electron chi connectivity index (χ2n) is 8.66. The Balaban J connectivity index is 0.000000296. The second kappa shape index (κ2) is 16.6. The zero-order valence-electron chi connectivity index (χ0n) is 19.6. The number of hydrogen-bond acceptors (Lipinski definition) is 6. The molecule has 0 saturated carbocycles. The van der Waals surface area contributed by atoms with Gasteiger partial charge in [0.15, 0.2) is 0 Å². The Kier molecular flexibility index (Phi) is 15.0. The van der Waals surface area contributed by atoms with Gasteiger partial charge in [0, 0.05) is 18.3 Å². The van der Waals surface area contributed by atoms with Gasteiger partial charge in [-0.25, -0.2) is 0 Å². The Hall–Kier alpha value is -1.05. The van der Waals surface area contributed by atoms with E-state index in [0.29, 0.717) is 25.5 Å². The van der Waals surface area contributed by atoms with E-state index in [2.05, 4.69) is 42.2 Å². The SMILES string of the molecule is C=C(N)C1CC(CCc2ccccc2)CCN1.CC(O)CC1CC(O)CCO1.CSC. The van der Waals surface area contributed by atoms with E-state index in [1.807, 2.05) is 12.5 Å². The number of aryl methyl sites for hydroxylation is 1. The molecule has 6 heteroatoms. The van der Waals surface area contributed by atoms with Gasteiger partial charge in [0.05, 0.1) is 18.3 Å². The number of rotatable bonds is 6. The summed E-state index contributed by atoms with van der Waals surface area (Å²) in [4.78, 5) is 0. The first-order chi connectivity index (χ1) is 14.8. The number of nitrogens with two attached hydrogens (primary N) is 1. The number of nitrogens with one attached hydrogen (secondary N) is 1. The Bertz CT molecular complexity index is 583. The molecular formula is C25H44N2O3S. The van der Waals surface area contributed by atoms with Gasteiger partial charge in [-0.3, -0.25) is 0 Å². The normalized spacial score (nSPS) is 26.5. The molecule has 5 N–H and O–H groups in total. The number of aliphatic hydroxyl groups excluding tert-OH is 2. The van der Waals surface area contributed by atoms with Crippen LogP contribution in [0.4, 0.5) is 0 Å². The predicted octanol–water partition coefficient (Wildman–Crippen LogP) is 3.74. The van der Waals surface area contributed by atoms with Crippen molar-refractivity contribution in [3.63, 3.8) is 0 Å². The number of hydrogen-bond donors (Lipinski definition) is 4. The van der Waals surface area contributed by atoms with Crippen molar-refractivity contribution in [2.45, 2.75) is 76.2 Å². The Morgan fingerprint density at radius 3 is 2.52 bits per heavy atom. The number of thioether (sulfide) groups is 1. The molecule has 31 heavy (non-hydrogen) atoms. The summed E-state index contributed by atoms with van der Waals surface area (Å²) >= 11 is 1.75. The lowest BCUT2D eigenvalue weighted by molar-refractivity contribution is -0.0592. The van der Waals surface area contributed by atoms with E-state index in [9.17, 15) is 5.11 Å². The standard InChI is InChI=1S/C15H22N2.C8H16O3.C2H6S/c1-12(16)15-11-14(9-10-17-15)8-7-13-5-3-2-4-6-13;1-6(9)4-8-5-7(10)2-3-11-8;1-3-2/h2-6,14-15,17H,1,7-11,16H2;6-10H,2-5H2,1H3;1-2H3. The zero-order chi connectivity index (χ0) is 23.1. The van der Waals surface area contributed by atoms with E-state index in [1.54, 1.807) is 18.7 Å². The molecule has 3 rings (SSSR count). The zero-order valence-corrected chi connectivity index (χ0v) is 20.4. The maximum absolute atomic E-state index is 9.23. The average molecular weight is 453 g/mol. The van der Waals surface area contributed by atoms with Gasteiger partial charge in [-0.15, -0.1) is 0 Å². The average Bonchev–Trinajstić information content (AvgIpc) is 2.74. The van der Waals surface area contributed by atoms with Crippen LogP contribution in [0.1, 0.15) is 51.0 Å². The number of ether oxygens (including phenoxy) is 1. The summed E-state index contributed by atoms with van der Waals surface area (Å²) < 4.78 is 5.34. The van der Waals surface area contributed by atoms with E-state index in [1.165, 1.54) is 24.8 Å². The largest absolute Gasteiger partial charge is 0.401 e. The highest BCUT2D eigenvalue weighted by Gasteiger charge is 2.22. The summed E-state index contributed by atoms with van der Waals surface area (Å²) in [7, 11) is 0. The number of aliphatic hydroxyl groups is 2. The van der Waals surface area contributed by atoms with Crippen molar-refractivity contribution < 1.29 is 14.9 Å². The van der Waals surface area contributed by atoms with E-state index < -0.39 is 0 Å². The molecule has 0 aliphatic carbocycles. The molecule has 0 aromatic heterocycles. The quantitative estimate of drug-likeness (QED) is 0.526. The van der Waals surface area contributed by atoms with E-state index >= 15 is 0 Å². The molecule has 0 spiro atoms. The van der Waals surface area contributed by atoms with Crippen molar-refractivity contribution in [3.05, 3.63) is 48.2 Å². The van der Waals surface area contributed by atoms with Gasteiger partial charge in [0.25, 0.3) is 0 Å². The molecule has 178 valence electrons. The van der Waals surface area contributed by atoms with Crippen molar-refractivity contribution in [2.75, 3.05) is 25.7 Å². The first-order valence-corrected chi connectivity index (χ1v) is 13.1. The summed E-state index contributed by atoms with van der Waals surface area (Å²) in [5.41, 5.74) is 8.01. The highest BCUT2D eigenvalue weighted by molar-refractivity contribution is 7.97. The summed E-state index contributed by atoms with van der Waals surface area (Å²) in [5, 5.41) is 21.7. The fraction of sp³-hybridized carbons (Fsp3) is 0.680. The third-order valence-electron chi connectivity index (χ3n) is 5.59. The van der Waals surface area contributed by atoms with Crippen molar-refractivity contribution in [2.24, 2.45) is 11.7 Å². The van der Waals surface area contributed by atoms with Crippen molar-refractivity contribution in [3.8, 4) is 0 Å². The monoisotopic (exact) mass is 452 g/mol. The van der Waals surface area contributed by atoms with Crippen LogP contribution >= 0.6 is 11.8 Å². The van der Waals surface area contributed by atoms with Gasteiger partial charge in [-0.05, 0) is 82.4 Å². The van der Waals surface area contributed by atoms with Crippen LogP contribution in [0.25, 0.3) is 0 Å². The maximum Gasteiger partial charge on any atom is 0.0624 e. The summed E-state index contributed by atoms with van der Waals surface area (Å²) in [5.74, 6) is 0.779. The minimum atomic E-state index is -0.328. The van der Waals surface area contributed by atoms with Crippen molar-refractivity contribution in [1.82, 2.24) is 5.32 Å². The molecule has 2 fully saturated rings. The van der Waals surface area contributed by atoms with Crippen molar-refractivity contribution in [1.29, 1.82) is 0 Å². The summed E-state index contributed by atoms with van der Waals surface area (Å²) in [6.07, 6.45) is 10.5. The molecular weight excluding hydrogens is 408 g/mol. The molecule has 1 aromatic rings. The molecule has 0 amide bonds. The highest BCUT2D eigenvalue weighted by Crippen LogP contribution is 2.23. The minimum Gasteiger partial charge on any atom is -0.401 e. The van der Waals surface area contributed by atoms with Crippen LogP contribution in [0.2, 0.25) is 0 Å². The molecule has 5 atom stereocenters. The number of piperidine rings is 1. The predicted molar refractivity (Wildman–Crippen MR) is 133 cm³/mol. The van der Waals surface area contributed by atoms with Crippen LogP contribution in [-0.4, -0.2) is 60.2 Å². The number of benzene rings is 1. The third-order valence-corrected chi connectivity index (χ3v) is 5.59. The fourth-order valence-corrected chi connectivity index (χ4v) is 3.96. The third kappa shape index (κ3) is 13.2. The minimum absolute atomic E-state index is 0.0544. The molecule has 0 radical (unpaired) electrons. The van der Waals surface area contributed by atoms with E-state index in [-0.39, 0.29) is 18.3 Å². The van der Waals surface area contributed by atoms with Crippen LogP contribution < -0.4 is 11.1 Å². The second-order valence-corrected chi connectivity index (χ2v) is 9.48. The molecule has 0 bridgehead atoms. The van der Waals surface area contributed by atoms with Crippen LogP contribution in [0.15, 0.2) is 42.6 Å². The lowest BCUT2D eigenvalue weighted by Crippen LogP contribution is -2.41. The molecule has 2 aliphatic rings. The topological polar surface area (TPSA) is 87.7 Å². The van der Waals surface area contributed by atoms with Crippen LogP contribution in [-0.2, 0) is 11.2 Å². The first kappa shape index (κ1) is 28.0. The van der Waals surface area contributed by atoms with Gasteiger partial charge in [-0.1, -0.05) is 36.9 Å². The highest BCUT2D eigenvalue weighted by atomic mass is 32.2. The fourth-order valence-electron chi connectivity index (χ4n) is 3.96. The van der Waals surface area contributed by atoms with Crippen molar-refractivity contribution >= 4 is 11.8 Å². The molecule has 5 nitrogen and oxygen atoms in total. The molecule has 2 heterocycles. The summed E-state index contributed by atoms with van der Waals surface area (Å²) in [6, 6.07) is 11.0. The van der Waals surface area contributed by atoms with Gasteiger partial charge in [0.1, 0.15) is 0 Å². The maximum atomic E-state index is 9.23. The molecule has 1 aromatic carbocycles. The molecule has 2 aliphatic heterocycles. The summed E-state index contributed by atoms with van der Waals surface area (Å²) in [6.45, 7) is 7.28. The van der Waals surface area contributed by atoms with Gasteiger partial charge in [0.2, 0.25) is 0 Å². The van der Waals surface area contributed by atoms with E-state index in [4.69, 9.17) is 15.6 Å². The smallest absolute Gasteiger partial charge is 0.0624 e. The lowest BCUT2D eigenvalue weighted by Gasteiger charge is -2.30. The van der Waals surface area contributed by atoms with Crippen LogP contribution in [0.5, 0.6) is 0 Å². The van der Waals surface area contributed by atoms with E-state index in [0.717, 1.165) is 31.0 Å². The van der Waals surface area contributed by atoms with Gasteiger partial charge < -0.3 is 26.0 Å². The van der Waals surface area contributed by atoms with Crippen LogP contribution in [0.3, 0.4) is 0 Å².